The van der Waals surface area contributed by atoms with Crippen molar-refractivity contribution in [2.24, 2.45) is 17.6 Å². The molecule has 0 aliphatic heterocycles. The Bertz CT molecular complexity index is 180. The Morgan fingerprint density at radius 1 is 1.29 bits per heavy atom. The van der Waals surface area contributed by atoms with Crippen LogP contribution in [0.2, 0.25) is 0 Å². The molecule has 0 aliphatic carbocycles. The largest absolute Gasteiger partial charge is 0.352 e. The molecule has 0 rings (SSSR count). The second-order valence-corrected chi connectivity index (χ2v) is 4.45. The zero-order valence-electron chi connectivity index (χ0n) is 10.0. The normalized spacial score (nSPS) is 17.6. The Kier molecular flexibility index (Phi) is 5.77. The van der Waals surface area contributed by atoms with Crippen molar-refractivity contribution in [3.63, 3.8) is 0 Å². The van der Waals surface area contributed by atoms with E-state index in [1.807, 2.05) is 20.8 Å². The van der Waals surface area contributed by atoms with E-state index < -0.39 is 0 Å². The fourth-order valence-electron chi connectivity index (χ4n) is 1.000. The van der Waals surface area contributed by atoms with E-state index in [-0.39, 0.29) is 23.9 Å². The van der Waals surface area contributed by atoms with Crippen LogP contribution in [0, 0.1) is 11.8 Å². The summed E-state index contributed by atoms with van der Waals surface area (Å²) in [5, 5.41) is 2.93. The average molecular weight is 200 g/mol. The third-order valence-electron chi connectivity index (χ3n) is 2.93. The molecule has 0 saturated heterocycles. The second kappa shape index (κ2) is 6.02. The first-order valence-corrected chi connectivity index (χ1v) is 5.46. The first kappa shape index (κ1) is 13.4. The smallest absolute Gasteiger partial charge is 0.237 e. The summed E-state index contributed by atoms with van der Waals surface area (Å²) < 4.78 is 0. The van der Waals surface area contributed by atoms with Gasteiger partial charge in [-0.1, -0.05) is 34.1 Å². The zero-order chi connectivity index (χ0) is 11.3. The highest BCUT2D eigenvalue weighted by molar-refractivity contribution is 5.82. The number of hydrogen-bond donors (Lipinski definition) is 2. The molecule has 1 unspecified atom stereocenters. The molecule has 0 aromatic heterocycles. The van der Waals surface area contributed by atoms with Crippen molar-refractivity contribution in [3.05, 3.63) is 0 Å². The van der Waals surface area contributed by atoms with Crippen LogP contribution < -0.4 is 11.1 Å². The van der Waals surface area contributed by atoms with E-state index in [9.17, 15) is 4.79 Å². The molecular formula is C11H24N2O. The summed E-state index contributed by atoms with van der Waals surface area (Å²) in [5.41, 5.74) is 5.81. The summed E-state index contributed by atoms with van der Waals surface area (Å²) in [6, 6.07) is -0.182. The summed E-state index contributed by atoms with van der Waals surface area (Å²) >= 11 is 0. The van der Waals surface area contributed by atoms with Crippen LogP contribution in [0.1, 0.15) is 41.0 Å². The summed E-state index contributed by atoms with van der Waals surface area (Å²) in [4.78, 5) is 11.6. The first-order chi connectivity index (χ1) is 6.40. The Balaban J connectivity index is 4.07. The van der Waals surface area contributed by atoms with Crippen molar-refractivity contribution >= 4 is 5.91 Å². The van der Waals surface area contributed by atoms with Crippen molar-refractivity contribution in [1.82, 2.24) is 5.32 Å². The van der Waals surface area contributed by atoms with Gasteiger partial charge in [0.1, 0.15) is 0 Å². The molecule has 14 heavy (non-hydrogen) atoms. The maximum absolute atomic E-state index is 11.6. The Morgan fingerprint density at radius 3 is 2.14 bits per heavy atom. The molecule has 0 spiro atoms. The van der Waals surface area contributed by atoms with E-state index in [2.05, 4.69) is 19.2 Å². The highest BCUT2D eigenvalue weighted by atomic mass is 16.2. The lowest BCUT2D eigenvalue weighted by Gasteiger charge is -2.23. The van der Waals surface area contributed by atoms with E-state index in [0.717, 1.165) is 6.42 Å². The van der Waals surface area contributed by atoms with Gasteiger partial charge in [0, 0.05) is 6.04 Å². The maximum Gasteiger partial charge on any atom is 0.237 e. The summed E-state index contributed by atoms with van der Waals surface area (Å²) in [6.07, 6.45) is 0.935. The van der Waals surface area contributed by atoms with Gasteiger partial charge in [0.05, 0.1) is 6.04 Å². The zero-order valence-corrected chi connectivity index (χ0v) is 10.0. The molecule has 3 atom stereocenters. The van der Waals surface area contributed by atoms with E-state index >= 15 is 0 Å². The van der Waals surface area contributed by atoms with Gasteiger partial charge in [0.2, 0.25) is 5.91 Å². The van der Waals surface area contributed by atoms with Gasteiger partial charge in [-0.3, -0.25) is 4.79 Å². The molecule has 1 amide bonds. The molecule has 0 heterocycles. The predicted octanol–water partition coefficient (Wildman–Crippen LogP) is 1.52. The van der Waals surface area contributed by atoms with Crippen LogP contribution in [0.3, 0.4) is 0 Å². The third-order valence-corrected chi connectivity index (χ3v) is 2.93. The lowest BCUT2D eigenvalue weighted by molar-refractivity contribution is -0.124. The van der Waals surface area contributed by atoms with Crippen LogP contribution in [0.25, 0.3) is 0 Å². The number of nitrogens with two attached hydrogens (primary N) is 1. The number of amides is 1. The van der Waals surface area contributed by atoms with Crippen LogP contribution in [0.5, 0.6) is 0 Å². The summed E-state index contributed by atoms with van der Waals surface area (Å²) in [5.74, 6) is 0.665. The average Bonchev–Trinajstić information content (AvgIpc) is 2.14. The minimum atomic E-state index is -0.374. The lowest BCUT2D eigenvalue weighted by Crippen LogP contribution is -2.48. The van der Waals surface area contributed by atoms with Crippen molar-refractivity contribution in [1.29, 1.82) is 0 Å². The van der Waals surface area contributed by atoms with Gasteiger partial charge in [0.25, 0.3) is 0 Å². The fourth-order valence-corrected chi connectivity index (χ4v) is 1.000. The molecule has 3 N–H and O–H groups in total. The van der Waals surface area contributed by atoms with Gasteiger partial charge in [-0.15, -0.1) is 0 Å². The number of carbonyl (C=O) groups is 1. The molecule has 0 bridgehead atoms. The molecule has 3 heteroatoms. The summed E-state index contributed by atoms with van der Waals surface area (Å²) in [7, 11) is 0. The highest BCUT2D eigenvalue weighted by Gasteiger charge is 2.21. The molecule has 0 aromatic rings. The number of hydrogen-bond acceptors (Lipinski definition) is 2. The molecule has 3 nitrogen and oxygen atoms in total. The molecule has 0 aromatic carbocycles. The van der Waals surface area contributed by atoms with Crippen molar-refractivity contribution in [2.45, 2.75) is 53.1 Å². The molecule has 0 saturated carbocycles. The number of carbonyl (C=O) groups excluding carboxylic acids is 1. The topological polar surface area (TPSA) is 55.1 Å². The van der Waals surface area contributed by atoms with Gasteiger partial charge in [-0.25, -0.2) is 0 Å². The number of rotatable bonds is 5. The van der Waals surface area contributed by atoms with Crippen LogP contribution in [0.15, 0.2) is 0 Å². The molecule has 0 radical (unpaired) electrons. The Morgan fingerprint density at radius 2 is 1.79 bits per heavy atom. The van der Waals surface area contributed by atoms with Crippen molar-refractivity contribution in [2.75, 3.05) is 0 Å². The number of nitrogens with one attached hydrogen (secondary N) is 1. The minimum Gasteiger partial charge on any atom is -0.352 e. The monoisotopic (exact) mass is 200 g/mol. The predicted molar refractivity (Wildman–Crippen MR) is 59.9 cm³/mol. The van der Waals surface area contributed by atoms with Crippen LogP contribution in [0.4, 0.5) is 0 Å². The van der Waals surface area contributed by atoms with Crippen LogP contribution >= 0.6 is 0 Å². The Hall–Kier alpha value is -0.570. The fraction of sp³-hybridized carbons (Fsp3) is 0.909. The molecular weight excluding hydrogens is 176 g/mol. The first-order valence-electron chi connectivity index (χ1n) is 5.46. The quantitative estimate of drug-likeness (QED) is 0.707. The van der Waals surface area contributed by atoms with Gasteiger partial charge in [-0.05, 0) is 18.8 Å². The molecule has 0 aliphatic rings. The minimum absolute atomic E-state index is 0.0273. The van der Waals surface area contributed by atoms with E-state index in [1.165, 1.54) is 0 Å². The van der Waals surface area contributed by atoms with Crippen LogP contribution in [-0.2, 0) is 4.79 Å². The van der Waals surface area contributed by atoms with Crippen LogP contribution in [-0.4, -0.2) is 18.0 Å². The van der Waals surface area contributed by atoms with E-state index in [0.29, 0.717) is 5.92 Å². The third kappa shape index (κ3) is 4.09. The van der Waals surface area contributed by atoms with Gasteiger partial charge < -0.3 is 11.1 Å². The lowest BCUT2D eigenvalue weighted by atomic mass is 9.98. The molecule has 84 valence electrons. The highest BCUT2D eigenvalue weighted by Crippen LogP contribution is 2.07. The Labute approximate surface area is 87.4 Å². The van der Waals surface area contributed by atoms with Crippen molar-refractivity contribution < 1.29 is 4.79 Å². The van der Waals surface area contributed by atoms with E-state index in [1.54, 1.807) is 0 Å². The maximum atomic E-state index is 11.6. The SMILES string of the molecule is CC[C@H](C)[C@H](N)C(=O)NC(C)C(C)C. The van der Waals surface area contributed by atoms with Gasteiger partial charge in [0.15, 0.2) is 0 Å². The van der Waals surface area contributed by atoms with E-state index in [4.69, 9.17) is 5.73 Å². The molecule has 0 fully saturated rings. The van der Waals surface area contributed by atoms with Gasteiger partial charge in [-0.2, -0.15) is 0 Å². The standard InChI is InChI=1S/C11H24N2O/c1-6-8(4)10(12)11(14)13-9(5)7(2)3/h7-10H,6,12H2,1-5H3,(H,13,14)/t8-,9?,10-/m0/s1. The second-order valence-electron chi connectivity index (χ2n) is 4.45. The van der Waals surface area contributed by atoms with Crippen molar-refractivity contribution in [3.8, 4) is 0 Å². The summed E-state index contributed by atoms with van der Waals surface area (Å²) in [6.45, 7) is 10.2. The van der Waals surface area contributed by atoms with Gasteiger partial charge >= 0.3 is 0 Å².